The molecule has 0 bridgehead atoms. The van der Waals surface area contributed by atoms with Crippen LogP contribution in [0.3, 0.4) is 0 Å². The highest BCUT2D eigenvalue weighted by molar-refractivity contribution is 9.10. The van der Waals surface area contributed by atoms with E-state index in [2.05, 4.69) is 22.5 Å². The van der Waals surface area contributed by atoms with Gasteiger partial charge in [0.2, 0.25) is 5.91 Å². The number of carbonyl (C=O) groups is 1. The molecule has 0 atom stereocenters. The highest BCUT2D eigenvalue weighted by atomic mass is 79.9. The monoisotopic (exact) mass is 263 g/mol. The molecule has 0 radical (unpaired) electrons. The Morgan fingerprint density at radius 3 is 2.57 bits per heavy atom. The molecule has 0 N–H and O–H groups in total. The van der Waals surface area contributed by atoms with Gasteiger partial charge >= 0.3 is 0 Å². The number of rotatable bonds is 6. The molecule has 4 heteroatoms. The molecule has 14 heavy (non-hydrogen) atoms. The molecule has 0 unspecified atom stereocenters. The molecule has 0 rings (SSSR count). The van der Waals surface area contributed by atoms with Crippen LogP contribution >= 0.6 is 15.9 Å². The molecule has 0 aromatic rings. The predicted molar refractivity (Wildman–Crippen MR) is 61.7 cm³/mol. The van der Waals surface area contributed by atoms with E-state index in [1.807, 2.05) is 13.8 Å². The van der Waals surface area contributed by atoms with E-state index in [-0.39, 0.29) is 5.91 Å². The van der Waals surface area contributed by atoms with E-state index in [4.69, 9.17) is 4.74 Å². The Labute approximate surface area is 94.2 Å². The lowest BCUT2D eigenvalue weighted by molar-refractivity contribution is -0.132. The van der Waals surface area contributed by atoms with Crippen LogP contribution in [-0.2, 0) is 9.53 Å². The van der Waals surface area contributed by atoms with Gasteiger partial charge in [0.1, 0.15) is 0 Å². The summed E-state index contributed by atoms with van der Waals surface area (Å²) in [5.41, 5.74) is 0. The summed E-state index contributed by atoms with van der Waals surface area (Å²) in [6.45, 7) is 8.98. The van der Waals surface area contributed by atoms with Crippen molar-refractivity contribution < 1.29 is 9.53 Å². The molecule has 0 aromatic carbocycles. The Kier molecular flexibility index (Phi) is 6.04. The van der Waals surface area contributed by atoms with Gasteiger partial charge in [-0.1, -0.05) is 22.0 Å². The van der Waals surface area contributed by atoms with Crippen molar-refractivity contribution in [2.75, 3.05) is 26.8 Å². The molecule has 0 aliphatic heterocycles. The molecule has 0 heterocycles. The molecule has 1 amide bonds. The normalized spacial score (nSPS) is 11.1. The fourth-order valence-corrected chi connectivity index (χ4v) is 1.26. The summed E-state index contributed by atoms with van der Waals surface area (Å²) in [5, 5.41) is 0. The summed E-state index contributed by atoms with van der Waals surface area (Å²) in [7, 11) is 1.62. The zero-order chi connectivity index (χ0) is 11.2. The Morgan fingerprint density at radius 2 is 2.21 bits per heavy atom. The highest BCUT2D eigenvalue weighted by Gasteiger charge is 2.28. The number of halogens is 1. The SMILES string of the molecule is C=CCN(CCOC)C(=O)C(C)(C)Br. The summed E-state index contributed by atoms with van der Waals surface area (Å²) < 4.78 is 4.41. The fourth-order valence-electron chi connectivity index (χ4n) is 1.01. The molecule has 0 aromatic heterocycles. The maximum Gasteiger partial charge on any atom is 0.239 e. The van der Waals surface area contributed by atoms with Gasteiger partial charge in [0.05, 0.1) is 10.9 Å². The number of hydrogen-bond donors (Lipinski definition) is 0. The summed E-state index contributed by atoms with van der Waals surface area (Å²) in [6.07, 6.45) is 1.71. The Bertz CT molecular complexity index is 199. The van der Waals surface area contributed by atoms with Gasteiger partial charge < -0.3 is 9.64 Å². The van der Waals surface area contributed by atoms with E-state index in [0.717, 1.165) is 0 Å². The van der Waals surface area contributed by atoms with Crippen molar-refractivity contribution in [2.45, 2.75) is 18.2 Å². The van der Waals surface area contributed by atoms with Crippen molar-refractivity contribution >= 4 is 21.8 Å². The van der Waals surface area contributed by atoms with Crippen LogP contribution in [-0.4, -0.2) is 41.9 Å². The Hall–Kier alpha value is -0.350. The van der Waals surface area contributed by atoms with Crippen molar-refractivity contribution in [1.82, 2.24) is 4.90 Å². The van der Waals surface area contributed by atoms with Crippen molar-refractivity contribution in [3.63, 3.8) is 0 Å². The smallest absolute Gasteiger partial charge is 0.239 e. The first-order chi connectivity index (χ1) is 6.43. The molecular weight excluding hydrogens is 246 g/mol. The lowest BCUT2D eigenvalue weighted by Crippen LogP contribution is -2.43. The molecule has 82 valence electrons. The molecule has 0 aliphatic rings. The number of amides is 1. The first-order valence-electron chi connectivity index (χ1n) is 4.51. The van der Waals surface area contributed by atoms with Gasteiger partial charge in [0.15, 0.2) is 0 Å². The number of carbonyl (C=O) groups excluding carboxylic acids is 1. The second-order valence-corrected chi connectivity index (χ2v) is 5.49. The summed E-state index contributed by atoms with van der Waals surface area (Å²) in [6, 6.07) is 0. The van der Waals surface area contributed by atoms with Crippen molar-refractivity contribution in [2.24, 2.45) is 0 Å². The number of ether oxygens (including phenoxy) is 1. The zero-order valence-corrected chi connectivity index (χ0v) is 10.6. The van der Waals surface area contributed by atoms with Crippen LogP contribution in [0.2, 0.25) is 0 Å². The molecule has 0 spiro atoms. The minimum atomic E-state index is -0.524. The van der Waals surface area contributed by atoms with Crippen LogP contribution in [0.5, 0.6) is 0 Å². The first-order valence-corrected chi connectivity index (χ1v) is 5.31. The average molecular weight is 264 g/mol. The quantitative estimate of drug-likeness (QED) is 0.541. The van der Waals surface area contributed by atoms with Gasteiger partial charge in [-0.3, -0.25) is 4.79 Å². The van der Waals surface area contributed by atoms with Crippen molar-refractivity contribution in [1.29, 1.82) is 0 Å². The standard InChI is InChI=1S/C10H18BrNO2/c1-5-6-12(7-8-14-4)9(13)10(2,3)11/h5H,1,6-8H2,2-4H3. The van der Waals surface area contributed by atoms with Crippen molar-refractivity contribution in [3.05, 3.63) is 12.7 Å². The van der Waals surface area contributed by atoms with Crippen LogP contribution < -0.4 is 0 Å². The minimum Gasteiger partial charge on any atom is -0.383 e. The largest absolute Gasteiger partial charge is 0.383 e. The van der Waals surface area contributed by atoms with Gasteiger partial charge in [0, 0.05) is 20.2 Å². The molecule has 0 saturated carbocycles. The summed E-state index contributed by atoms with van der Waals surface area (Å²) in [4.78, 5) is 13.5. The number of alkyl halides is 1. The van der Waals surface area contributed by atoms with Crippen LogP contribution in [0, 0.1) is 0 Å². The fraction of sp³-hybridized carbons (Fsp3) is 0.700. The highest BCUT2D eigenvalue weighted by Crippen LogP contribution is 2.19. The third-order valence-corrected chi connectivity index (χ3v) is 2.05. The first kappa shape index (κ1) is 13.7. The van der Waals surface area contributed by atoms with Gasteiger partial charge in [-0.05, 0) is 13.8 Å². The van der Waals surface area contributed by atoms with Crippen LogP contribution in [0.1, 0.15) is 13.8 Å². The zero-order valence-electron chi connectivity index (χ0n) is 9.05. The number of hydrogen-bond acceptors (Lipinski definition) is 2. The van der Waals surface area contributed by atoms with Crippen LogP contribution in [0.4, 0.5) is 0 Å². The van der Waals surface area contributed by atoms with E-state index in [9.17, 15) is 4.79 Å². The second-order valence-electron chi connectivity index (χ2n) is 3.51. The Morgan fingerprint density at radius 1 is 1.64 bits per heavy atom. The lowest BCUT2D eigenvalue weighted by atomic mass is 10.2. The molecule has 3 nitrogen and oxygen atoms in total. The summed E-state index contributed by atoms with van der Waals surface area (Å²) >= 11 is 3.34. The van der Waals surface area contributed by atoms with E-state index in [1.54, 1.807) is 18.1 Å². The molecular formula is C10H18BrNO2. The third kappa shape index (κ3) is 4.77. The van der Waals surface area contributed by atoms with E-state index < -0.39 is 4.32 Å². The second kappa shape index (κ2) is 6.19. The minimum absolute atomic E-state index is 0.0504. The number of methoxy groups -OCH3 is 1. The average Bonchev–Trinajstić information content (AvgIpc) is 2.09. The third-order valence-electron chi connectivity index (χ3n) is 1.71. The maximum absolute atomic E-state index is 11.8. The maximum atomic E-state index is 11.8. The van der Waals surface area contributed by atoms with Gasteiger partial charge in [-0.2, -0.15) is 0 Å². The van der Waals surface area contributed by atoms with E-state index in [1.165, 1.54) is 0 Å². The predicted octanol–water partition coefficient (Wildman–Crippen LogP) is 1.82. The van der Waals surface area contributed by atoms with Gasteiger partial charge in [-0.25, -0.2) is 0 Å². The Balaban J connectivity index is 4.32. The van der Waals surface area contributed by atoms with Gasteiger partial charge in [0.25, 0.3) is 0 Å². The van der Waals surface area contributed by atoms with Gasteiger partial charge in [-0.15, -0.1) is 6.58 Å². The lowest BCUT2D eigenvalue weighted by Gasteiger charge is -2.27. The van der Waals surface area contributed by atoms with Crippen LogP contribution in [0.15, 0.2) is 12.7 Å². The number of nitrogens with zero attached hydrogens (tertiary/aromatic N) is 1. The molecule has 0 aliphatic carbocycles. The van der Waals surface area contributed by atoms with E-state index in [0.29, 0.717) is 19.7 Å². The van der Waals surface area contributed by atoms with Crippen LogP contribution in [0.25, 0.3) is 0 Å². The van der Waals surface area contributed by atoms with Crippen molar-refractivity contribution in [3.8, 4) is 0 Å². The molecule has 0 fully saturated rings. The van der Waals surface area contributed by atoms with E-state index >= 15 is 0 Å². The molecule has 0 saturated heterocycles. The topological polar surface area (TPSA) is 29.5 Å². The summed E-state index contributed by atoms with van der Waals surface area (Å²) in [5.74, 6) is 0.0504.